The van der Waals surface area contributed by atoms with Crippen LogP contribution in [-0.4, -0.2) is 53.7 Å². The summed E-state index contributed by atoms with van der Waals surface area (Å²) in [6.07, 6.45) is 0. The second-order valence-corrected chi connectivity index (χ2v) is 15.0. The molecule has 3 heteroatoms. The zero-order valence-electron chi connectivity index (χ0n) is 23.8. The van der Waals surface area contributed by atoms with Crippen molar-refractivity contribution < 1.29 is 0 Å². The van der Waals surface area contributed by atoms with Crippen molar-refractivity contribution in [3.05, 3.63) is 0 Å². The van der Waals surface area contributed by atoms with Gasteiger partial charge in [0.1, 0.15) is 5.79 Å². The Kier molecular flexibility index (Phi) is 7.75. The van der Waals surface area contributed by atoms with E-state index < -0.39 is 0 Å². The van der Waals surface area contributed by atoms with Gasteiger partial charge in [-0.05, 0) is 132 Å². The molecule has 0 bridgehead atoms. The smallest absolute Gasteiger partial charge is 0.130 e. The summed E-state index contributed by atoms with van der Waals surface area (Å²) in [5.41, 5.74) is -0.187. The zero-order chi connectivity index (χ0) is 24.2. The number of hydrogen-bond acceptors (Lipinski definition) is 3. The third kappa shape index (κ3) is 6.43. The lowest BCUT2D eigenvalue weighted by molar-refractivity contribution is -0.299. The topological polar surface area (TPSA) is 9.72 Å². The molecule has 0 spiro atoms. The van der Waals surface area contributed by atoms with Crippen LogP contribution in [0.3, 0.4) is 0 Å². The van der Waals surface area contributed by atoms with Crippen LogP contribution >= 0.6 is 0 Å². The average molecular weight is 412 g/mol. The van der Waals surface area contributed by atoms with Crippen molar-refractivity contribution in [1.82, 2.24) is 14.7 Å². The van der Waals surface area contributed by atoms with Crippen molar-refractivity contribution in [2.75, 3.05) is 0 Å². The Bertz CT molecular complexity index is 413. The highest BCUT2D eigenvalue weighted by Gasteiger charge is 2.60. The first-order valence-electron chi connectivity index (χ1n) is 11.5. The SMILES string of the molecule is CC(C)(C)N(C(C)(C)C)C(C)(N(C(C)(C)C)C(C)(C)C)N(C(C)(C)C)C(C)(C)C. The number of hydrogen-bond donors (Lipinski definition) is 0. The third-order valence-electron chi connectivity index (χ3n) is 5.30. The van der Waals surface area contributed by atoms with Gasteiger partial charge in [-0.15, -0.1) is 0 Å². The molecule has 0 rings (SSSR count). The van der Waals surface area contributed by atoms with Gasteiger partial charge in [0.25, 0.3) is 0 Å². The lowest BCUT2D eigenvalue weighted by atomic mass is 9.83. The molecule has 3 nitrogen and oxygen atoms in total. The highest BCUT2D eigenvalue weighted by Crippen LogP contribution is 2.49. The van der Waals surface area contributed by atoms with E-state index in [0.29, 0.717) is 0 Å². The molecule has 0 heterocycles. The van der Waals surface area contributed by atoms with Crippen LogP contribution in [0.4, 0.5) is 0 Å². The Labute approximate surface area is 185 Å². The van der Waals surface area contributed by atoms with E-state index in [4.69, 9.17) is 0 Å². The van der Waals surface area contributed by atoms with E-state index in [0.717, 1.165) is 0 Å². The predicted molar refractivity (Wildman–Crippen MR) is 132 cm³/mol. The van der Waals surface area contributed by atoms with Gasteiger partial charge < -0.3 is 0 Å². The van der Waals surface area contributed by atoms with Crippen molar-refractivity contribution in [1.29, 1.82) is 0 Å². The average Bonchev–Trinajstić information content (AvgIpc) is 2.11. The molecule has 0 aromatic rings. The summed E-state index contributed by atoms with van der Waals surface area (Å²) in [5.74, 6) is -0.344. The van der Waals surface area contributed by atoms with Crippen molar-refractivity contribution in [2.24, 2.45) is 0 Å². The largest absolute Gasteiger partial charge is 0.263 e. The van der Waals surface area contributed by atoms with Crippen molar-refractivity contribution in [3.8, 4) is 0 Å². The third-order valence-corrected chi connectivity index (χ3v) is 5.30. The molecule has 0 radical (unpaired) electrons. The first kappa shape index (κ1) is 28.9. The molecule has 0 unspecified atom stereocenters. The van der Waals surface area contributed by atoms with Gasteiger partial charge in [-0.2, -0.15) is 0 Å². The first-order valence-corrected chi connectivity index (χ1v) is 11.5. The molecule has 0 aromatic carbocycles. The lowest BCUT2D eigenvalue weighted by Crippen LogP contribution is -2.84. The van der Waals surface area contributed by atoms with E-state index >= 15 is 0 Å². The molecule has 0 saturated carbocycles. The molecule has 0 aliphatic carbocycles. The monoisotopic (exact) mass is 411 g/mol. The standard InChI is InChI=1S/C26H57N3/c1-20(2,3)27(21(4,5)6)26(19,28(22(7,8)9)23(10,11)12)29(24(13,14)15)25(16,17)18/h1-19H3. The van der Waals surface area contributed by atoms with Gasteiger partial charge in [-0.3, -0.25) is 14.7 Å². The van der Waals surface area contributed by atoms with Crippen LogP contribution in [0.15, 0.2) is 0 Å². The zero-order valence-corrected chi connectivity index (χ0v) is 23.8. The first-order chi connectivity index (χ1) is 12.1. The minimum Gasteiger partial charge on any atom is -0.263 e. The molecule has 0 atom stereocenters. The predicted octanol–water partition coefficient (Wildman–Crippen LogP) is 7.36. The van der Waals surface area contributed by atoms with Gasteiger partial charge in [-0.1, -0.05) is 0 Å². The Hall–Kier alpha value is -0.120. The quantitative estimate of drug-likeness (QED) is 0.449. The molecule has 0 aliphatic rings. The van der Waals surface area contributed by atoms with Crippen LogP contribution in [0.2, 0.25) is 0 Å². The summed E-state index contributed by atoms with van der Waals surface area (Å²) in [6, 6.07) is 0. The Morgan fingerprint density at radius 2 is 0.345 bits per heavy atom. The summed E-state index contributed by atoms with van der Waals surface area (Å²) >= 11 is 0. The minimum absolute atomic E-state index is 0.0312. The molecule has 0 aliphatic heterocycles. The second kappa shape index (κ2) is 7.78. The van der Waals surface area contributed by atoms with Crippen LogP contribution in [0.25, 0.3) is 0 Å². The van der Waals surface area contributed by atoms with E-state index in [9.17, 15) is 0 Å². The molecule has 176 valence electrons. The maximum atomic E-state index is 2.75. The van der Waals surface area contributed by atoms with Gasteiger partial charge in [0.2, 0.25) is 0 Å². The maximum absolute atomic E-state index is 2.75. The van der Waals surface area contributed by atoms with Gasteiger partial charge in [0, 0.05) is 33.2 Å². The van der Waals surface area contributed by atoms with Gasteiger partial charge in [-0.25, -0.2) is 0 Å². The Morgan fingerprint density at radius 1 is 0.241 bits per heavy atom. The molecule has 29 heavy (non-hydrogen) atoms. The fourth-order valence-electron chi connectivity index (χ4n) is 7.13. The van der Waals surface area contributed by atoms with E-state index in [2.05, 4.69) is 146 Å². The number of rotatable bonds is 3. The van der Waals surface area contributed by atoms with Gasteiger partial charge >= 0.3 is 0 Å². The molecule has 0 aromatic heterocycles. The van der Waals surface area contributed by atoms with Crippen LogP contribution in [-0.2, 0) is 0 Å². The van der Waals surface area contributed by atoms with E-state index in [1.807, 2.05) is 0 Å². The second-order valence-electron chi connectivity index (χ2n) is 15.0. The van der Waals surface area contributed by atoms with E-state index in [-0.39, 0.29) is 39.0 Å². The minimum atomic E-state index is -0.344. The normalized spacial score (nSPS) is 16.3. The molecular formula is C26H57N3. The maximum Gasteiger partial charge on any atom is 0.130 e. The molecule has 0 fully saturated rings. The van der Waals surface area contributed by atoms with Crippen LogP contribution in [0, 0.1) is 0 Å². The van der Waals surface area contributed by atoms with E-state index in [1.54, 1.807) is 0 Å². The summed E-state index contributed by atoms with van der Waals surface area (Å²) in [7, 11) is 0. The van der Waals surface area contributed by atoms with Crippen LogP contribution < -0.4 is 0 Å². The van der Waals surface area contributed by atoms with Crippen molar-refractivity contribution in [3.63, 3.8) is 0 Å². The molecule has 0 N–H and O–H groups in total. The number of nitrogens with zero attached hydrogens (tertiary/aromatic N) is 3. The summed E-state index contributed by atoms with van der Waals surface area (Å²) < 4.78 is 0. The Balaban J connectivity index is 7.70. The lowest BCUT2D eigenvalue weighted by Gasteiger charge is -2.71. The highest BCUT2D eigenvalue weighted by atomic mass is 15.6. The van der Waals surface area contributed by atoms with Crippen molar-refractivity contribution in [2.45, 2.75) is 171 Å². The molecular weight excluding hydrogens is 354 g/mol. The summed E-state index contributed by atoms with van der Waals surface area (Å²) in [6.45, 7) is 45.0. The summed E-state index contributed by atoms with van der Waals surface area (Å²) in [5, 5.41) is 0. The van der Waals surface area contributed by atoms with Crippen molar-refractivity contribution >= 4 is 0 Å². The fraction of sp³-hybridized carbons (Fsp3) is 1.00. The molecule has 0 amide bonds. The van der Waals surface area contributed by atoms with Gasteiger partial charge in [0.15, 0.2) is 0 Å². The van der Waals surface area contributed by atoms with Crippen LogP contribution in [0.1, 0.15) is 132 Å². The van der Waals surface area contributed by atoms with Crippen LogP contribution in [0.5, 0.6) is 0 Å². The Morgan fingerprint density at radius 3 is 0.414 bits per heavy atom. The fourth-order valence-corrected chi connectivity index (χ4v) is 7.13. The highest BCUT2D eigenvalue weighted by molar-refractivity contribution is 5.09. The van der Waals surface area contributed by atoms with Gasteiger partial charge in [0.05, 0.1) is 0 Å². The summed E-state index contributed by atoms with van der Waals surface area (Å²) in [4.78, 5) is 8.25. The van der Waals surface area contributed by atoms with E-state index in [1.165, 1.54) is 0 Å². The molecule has 0 saturated heterocycles.